The number of ether oxygens (including phenoxy) is 1. The highest BCUT2D eigenvalue weighted by atomic mass is 35.5. The molecule has 3 rings (SSSR count). The van der Waals surface area contributed by atoms with Crippen molar-refractivity contribution in [1.82, 2.24) is 0 Å². The molecule has 0 aliphatic carbocycles. The summed E-state index contributed by atoms with van der Waals surface area (Å²) in [6.45, 7) is 7.51. The number of carbonyl (C=O) groups excluding carboxylic acids is 1. The fraction of sp³-hybridized carbons (Fsp3) is 0.208. The van der Waals surface area contributed by atoms with Crippen LogP contribution in [0.2, 0.25) is 5.02 Å². The Bertz CT molecular complexity index is 1230. The zero-order chi connectivity index (χ0) is 23.5. The Labute approximate surface area is 193 Å². The van der Waals surface area contributed by atoms with Gasteiger partial charge in [-0.3, -0.25) is 9.52 Å². The van der Waals surface area contributed by atoms with E-state index in [0.717, 1.165) is 27.9 Å². The summed E-state index contributed by atoms with van der Waals surface area (Å²) in [5.41, 5.74) is 5.26. The van der Waals surface area contributed by atoms with Gasteiger partial charge in [-0.15, -0.1) is 0 Å². The fourth-order valence-electron chi connectivity index (χ4n) is 3.30. The van der Waals surface area contributed by atoms with E-state index in [1.54, 1.807) is 12.1 Å². The first-order valence-electron chi connectivity index (χ1n) is 9.95. The van der Waals surface area contributed by atoms with Crippen LogP contribution in [0.3, 0.4) is 0 Å². The molecular weight excluding hydrogens is 448 g/mol. The molecule has 0 aliphatic rings. The molecule has 0 aromatic heterocycles. The molecule has 1 amide bonds. The normalized spacial score (nSPS) is 11.2. The number of benzene rings is 3. The number of sulfonamides is 1. The van der Waals surface area contributed by atoms with Crippen LogP contribution in [0.15, 0.2) is 59.5 Å². The first kappa shape index (κ1) is 23.6. The summed E-state index contributed by atoms with van der Waals surface area (Å²) in [4.78, 5) is 12.3. The minimum atomic E-state index is -3.82. The van der Waals surface area contributed by atoms with Crippen LogP contribution in [-0.2, 0) is 14.8 Å². The number of anilines is 2. The van der Waals surface area contributed by atoms with Crippen LogP contribution in [0.4, 0.5) is 11.4 Å². The molecule has 3 aromatic carbocycles. The Morgan fingerprint density at radius 3 is 2.12 bits per heavy atom. The molecular formula is C24H25ClN2O4S. The molecule has 0 aliphatic heterocycles. The van der Waals surface area contributed by atoms with E-state index in [9.17, 15) is 13.2 Å². The lowest BCUT2D eigenvalue weighted by Crippen LogP contribution is -2.21. The first-order valence-corrected chi connectivity index (χ1v) is 11.8. The van der Waals surface area contributed by atoms with Gasteiger partial charge in [-0.1, -0.05) is 47.0 Å². The number of hydrogen-bond acceptors (Lipinski definition) is 4. The second-order valence-electron chi connectivity index (χ2n) is 7.67. The Kier molecular flexibility index (Phi) is 7.11. The van der Waals surface area contributed by atoms with Crippen LogP contribution in [0.1, 0.15) is 22.3 Å². The van der Waals surface area contributed by atoms with Crippen molar-refractivity contribution in [2.75, 3.05) is 16.6 Å². The van der Waals surface area contributed by atoms with E-state index in [-0.39, 0.29) is 28.2 Å². The van der Waals surface area contributed by atoms with Crippen molar-refractivity contribution in [2.45, 2.75) is 32.6 Å². The molecule has 6 nitrogen and oxygen atoms in total. The largest absolute Gasteiger partial charge is 0.482 e. The van der Waals surface area contributed by atoms with Gasteiger partial charge in [0.1, 0.15) is 5.75 Å². The second-order valence-corrected chi connectivity index (χ2v) is 9.76. The minimum absolute atomic E-state index is 0.00854. The topological polar surface area (TPSA) is 84.5 Å². The van der Waals surface area contributed by atoms with Gasteiger partial charge in [0.25, 0.3) is 15.9 Å². The van der Waals surface area contributed by atoms with Gasteiger partial charge in [0.2, 0.25) is 0 Å². The number of carbonyl (C=O) groups is 1. The first-order chi connectivity index (χ1) is 15.0. The maximum absolute atomic E-state index is 12.6. The Morgan fingerprint density at radius 1 is 0.906 bits per heavy atom. The summed E-state index contributed by atoms with van der Waals surface area (Å²) in [7, 11) is -3.82. The zero-order valence-electron chi connectivity index (χ0n) is 18.3. The molecule has 0 atom stereocenters. The van der Waals surface area contributed by atoms with Crippen LogP contribution in [-0.4, -0.2) is 20.9 Å². The number of aryl methyl sites for hydroxylation is 4. The summed E-state index contributed by atoms with van der Waals surface area (Å²) in [5, 5.41) is 2.94. The highest BCUT2D eigenvalue weighted by molar-refractivity contribution is 7.92. The van der Waals surface area contributed by atoms with E-state index in [1.165, 1.54) is 18.2 Å². The van der Waals surface area contributed by atoms with Crippen LogP contribution in [0.5, 0.6) is 5.75 Å². The maximum Gasteiger partial charge on any atom is 0.262 e. The molecule has 0 saturated carbocycles. The molecule has 0 saturated heterocycles. The smallest absolute Gasteiger partial charge is 0.262 e. The van der Waals surface area contributed by atoms with E-state index >= 15 is 0 Å². The Balaban J connectivity index is 1.66. The summed E-state index contributed by atoms with van der Waals surface area (Å²) in [5.74, 6) is -0.123. The Hall–Kier alpha value is -3.03. The molecule has 0 radical (unpaired) electrons. The lowest BCUT2D eigenvalue weighted by molar-refractivity contribution is -0.118. The quantitative estimate of drug-likeness (QED) is 0.482. The molecule has 8 heteroatoms. The summed E-state index contributed by atoms with van der Waals surface area (Å²) in [6, 6.07) is 15.1. The minimum Gasteiger partial charge on any atom is -0.482 e. The van der Waals surface area contributed by atoms with E-state index in [0.29, 0.717) is 5.69 Å². The third kappa shape index (κ3) is 5.81. The van der Waals surface area contributed by atoms with Crippen LogP contribution in [0, 0.1) is 27.7 Å². The van der Waals surface area contributed by atoms with Crippen molar-refractivity contribution in [3.63, 3.8) is 0 Å². The van der Waals surface area contributed by atoms with Crippen molar-refractivity contribution in [3.8, 4) is 5.75 Å². The second kappa shape index (κ2) is 9.63. The lowest BCUT2D eigenvalue weighted by atomic mass is 10.1. The molecule has 32 heavy (non-hydrogen) atoms. The van der Waals surface area contributed by atoms with Gasteiger partial charge in [0.15, 0.2) is 6.61 Å². The van der Waals surface area contributed by atoms with Gasteiger partial charge in [0, 0.05) is 11.4 Å². The van der Waals surface area contributed by atoms with Crippen molar-refractivity contribution in [1.29, 1.82) is 0 Å². The third-order valence-corrected chi connectivity index (χ3v) is 6.49. The Morgan fingerprint density at radius 2 is 1.53 bits per heavy atom. The van der Waals surface area contributed by atoms with Gasteiger partial charge >= 0.3 is 0 Å². The summed E-state index contributed by atoms with van der Waals surface area (Å²) < 4.78 is 33.3. The number of amides is 1. The van der Waals surface area contributed by atoms with Crippen molar-refractivity contribution < 1.29 is 17.9 Å². The SMILES string of the molecule is Cc1ccc(NS(=O)(=O)c2ccc(OCC(=O)Nc3c(C)cc(C)cc3C)c(Cl)c2)cc1. The highest BCUT2D eigenvalue weighted by Gasteiger charge is 2.17. The molecule has 0 spiro atoms. The highest BCUT2D eigenvalue weighted by Crippen LogP contribution is 2.29. The maximum atomic E-state index is 12.6. The van der Waals surface area contributed by atoms with E-state index in [2.05, 4.69) is 10.0 Å². The fourth-order valence-corrected chi connectivity index (χ4v) is 4.68. The van der Waals surface area contributed by atoms with Gasteiger partial charge in [-0.05, 0) is 69.2 Å². The van der Waals surface area contributed by atoms with E-state index in [4.69, 9.17) is 16.3 Å². The number of halogens is 1. The molecule has 0 heterocycles. The van der Waals surface area contributed by atoms with Crippen molar-refractivity contribution >= 4 is 38.9 Å². The number of hydrogen-bond donors (Lipinski definition) is 2. The standard InChI is InChI=1S/C24H25ClN2O4S/c1-15-5-7-19(8-6-15)27-32(29,30)20-9-10-22(21(25)13-20)31-14-23(28)26-24-17(3)11-16(2)12-18(24)4/h5-13,27H,14H2,1-4H3,(H,26,28). The molecule has 0 unspecified atom stereocenters. The van der Waals surface area contributed by atoms with Crippen molar-refractivity contribution in [3.05, 3.63) is 81.9 Å². The van der Waals surface area contributed by atoms with E-state index in [1.807, 2.05) is 52.0 Å². The van der Waals surface area contributed by atoms with Crippen LogP contribution in [0.25, 0.3) is 0 Å². The average Bonchev–Trinajstić information content (AvgIpc) is 2.71. The van der Waals surface area contributed by atoms with Gasteiger partial charge < -0.3 is 10.1 Å². The summed E-state index contributed by atoms with van der Waals surface area (Å²) >= 11 is 6.22. The van der Waals surface area contributed by atoms with Crippen LogP contribution < -0.4 is 14.8 Å². The number of rotatable bonds is 7. The predicted molar refractivity (Wildman–Crippen MR) is 128 cm³/mol. The van der Waals surface area contributed by atoms with Gasteiger partial charge in [0.05, 0.1) is 9.92 Å². The zero-order valence-corrected chi connectivity index (χ0v) is 19.9. The van der Waals surface area contributed by atoms with E-state index < -0.39 is 10.0 Å². The molecule has 3 aromatic rings. The van der Waals surface area contributed by atoms with Crippen molar-refractivity contribution in [2.24, 2.45) is 0 Å². The lowest BCUT2D eigenvalue weighted by Gasteiger charge is -2.14. The van der Waals surface area contributed by atoms with Crippen LogP contribution >= 0.6 is 11.6 Å². The average molecular weight is 473 g/mol. The predicted octanol–water partition coefficient (Wildman–Crippen LogP) is 5.39. The number of nitrogens with one attached hydrogen (secondary N) is 2. The molecule has 0 fully saturated rings. The monoisotopic (exact) mass is 472 g/mol. The summed E-state index contributed by atoms with van der Waals surface area (Å²) in [6.07, 6.45) is 0. The molecule has 0 bridgehead atoms. The molecule has 168 valence electrons. The van der Waals surface area contributed by atoms with Gasteiger partial charge in [-0.2, -0.15) is 0 Å². The molecule has 2 N–H and O–H groups in total. The van der Waals surface area contributed by atoms with Gasteiger partial charge in [-0.25, -0.2) is 8.42 Å². The third-order valence-electron chi connectivity index (χ3n) is 4.82.